The lowest BCUT2D eigenvalue weighted by molar-refractivity contribution is 0.0718. The van der Waals surface area contributed by atoms with Gasteiger partial charge in [0.25, 0.3) is 5.89 Å². The van der Waals surface area contributed by atoms with Gasteiger partial charge in [0.2, 0.25) is 6.10 Å². The summed E-state index contributed by atoms with van der Waals surface area (Å²) in [6.07, 6.45) is -0.403. The van der Waals surface area contributed by atoms with Gasteiger partial charge in [0.05, 0.1) is 0 Å². The minimum atomic E-state index is -0.403. The number of ether oxygens (including phenoxy) is 2. The Kier molecular flexibility index (Phi) is 1.92. The number of hydrogen-bond donors (Lipinski definition) is 1. The van der Waals surface area contributed by atoms with Crippen molar-refractivity contribution in [3.05, 3.63) is 30.2 Å². The molecule has 0 unspecified atom stereocenters. The molecular formula is C10H9N3O3. The quantitative estimate of drug-likeness (QED) is 0.774. The number of nitrogen functional groups attached to an aromatic ring is 1. The van der Waals surface area contributed by atoms with E-state index in [0.717, 1.165) is 0 Å². The average molecular weight is 219 g/mol. The molecule has 16 heavy (non-hydrogen) atoms. The van der Waals surface area contributed by atoms with Crippen molar-refractivity contribution < 1.29 is 13.9 Å². The highest BCUT2D eigenvalue weighted by atomic mass is 16.6. The topological polar surface area (TPSA) is 83.4 Å². The van der Waals surface area contributed by atoms with Crippen LogP contribution >= 0.6 is 0 Å². The molecule has 0 bridgehead atoms. The number of nitrogens with zero attached hydrogens (tertiary/aromatic N) is 2. The monoisotopic (exact) mass is 219 g/mol. The maximum Gasteiger partial charge on any atom is 0.312 e. The highest BCUT2D eigenvalue weighted by molar-refractivity contribution is 5.40. The Labute approximate surface area is 91.0 Å². The highest BCUT2D eigenvalue weighted by Crippen LogP contribution is 2.35. The lowest BCUT2D eigenvalue weighted by atomic mass is 10.2. The average Bonchev–Trinajstić information content (AvgIpc) is 2.75. The van der Waals surface area contributed by atoms with E-state index in [1.54, 1.807) is 0 Å². The van der Waals surface area contributed by atoms with Crippen LogP contribution in [0, 0.1) is 0 Å². The summed E-state index contributed by atoms with van der Waals surface area (Å²) in [5.74, 6) is 1.70. The van der Waals surface area contributed by atoms with Crippen LogP contribution in [-0.4, -0.2) is 16.8 Å². The van der Waals surface area contributed by atoms with Gasteiger partial charge in [-0.3, -0.25) is 0 Å². The zero-order valence-electron chi connectivity index (χ0n) is 8.29. The van der Waals surface area contributed by atoms with Crippen LogP contribution in [0.3, 0.4) is 0 Å². The molecule has 1 aliphatic rings. The molecule has 82 valence electrons. The summed E-state index contributed by atoms with van der Waals surface area (Å²) in [6, 6.07) is 7.44. The molecule has 2 N–H and O–H groups in total. The van der Waals surface area contributed by atoms with Gasteiger partial charge in [-0.15, -0.1) is 5.10 Å². The second-order valence-electron chi connectivity index (χ2n) is 3.34. The predicted octanol–water partition coefficient (Wildman–Crippen LogP) is 1.16. The number of anilines is 1. The number of para-hydroxylation sites is 2. The predicted molar refractivity (Wildman–Crippen MR) is 54.0 cm³/mol. The third-order valence-electron chi connectivity index (χ3n) is 2.24. The van der Waals surface area contributed by atoms with Crippen molar-refractivity contribution in [3.8, 4) is 11.5 Å². The summed E-state index contributed by atoms with van der Waals surface area (Å²) >= 11 is 0. The zero-order valence-corrected chi connectivity index (χ0v) is 8.29. The van der Waals surface area contributed by atoms with Crippen LogP contribution < -0.4 is 15.2 Å². The van der Waals surface area contributed by atoms with Crippen LogP contribution in [-0.2, 0) is 0 Å². The van der Waals surface area contributed by atoms with Gasteiger partial charge in [-0.25, -0.2) is 0 Å². The maximum absolute atomic E-state index is 5.65. The largest absolute Gasteiger partial charge is 0.485 e. The smallest absolute Gasteiger partial charge is 0.312 e. The van der Waals surface area contributed by atoms with Crippen LogP contribution in [0.2, 0.25) is 0 Å². The number of fused-ring (bicyclic) bond motifs is 1. The summed E-state index contributed by atoms with van der Waals surface area (Å²) in [5.41, 5.74) is 5.34. The fourth-order valence-electron chi connectivity index (χ4n) is 1.52. The van der Waals surface area contributed by atoms with Gasteiger partial charge in [-0.05, 0) is 12.1 Å². The van der Waals surface area contributed by atoms with Crippen LogP contribution in [0.4, 0.5) is 6.01 Å². The van der Waals surface area contributed by atoms with E-state index >= 15 is 0 Å². The first kappa shape index (κ1) is 9.02. The molecule has 0 spiro atoms. The van der Waals surface area contributed by atoms with Crippen molar-refractivity contribution in [1.29, 1.82) is 0 Å². The SMILES string of the molecule is Nc1nnc([C@@H]2COc3ccccc3O2)o1. The summed E-state index contributed by atoms with van der Waals surface area (Å²) in [4.78, 5) is 0. The van der Waals surface area contributed by atoms with Crippen LogP contribution in [0.25, 0.3) is 0 Å². The van der Waals surface area contributed by atoms with Gasteiger partial charge < -0.3 is 19.6 Å². The van der Waals surface area contributed by atoms with Crippen molar-refractivity contribution in [2.24, 2.45) is 0 Å². The molecular weight excluding hydrogens is 210 g/mol. The Hall–Kier alpha value is -2.24. The van der Waals surface area contributed by atoms with Gasteiger partial charge >= 0.3 is 6.01 Å². The molecule has 6 nitrogen and oxygen atoms in total. The molecule has 0 saturated carbocycles. The lowest BCUT2D eigenvalue weighted by Crippen LogP contribution is -2.21. The first-order valence-electron chi connectivity index (χ1n) is 4.80. The summed E-state index contributed by atoms with van der Waals surface area (Å²) < 4.78 is 16.2. The number of hydrogen-bond acceptors (Lipinski definition) is 6. The molecule has 1 aromatic carbocycles. The van der Waals surface area contributed by atoms with E-state index in [2.05, 4.69) is 10.2 Å². The first-order chi connectivity index (χ1) is 7.83. The molecule has 6 heteroatoms. The maximum atomic E-state index is 5.65. The highest BCUT2D eigenvalue weighted by Gasteiger charge is 2.26. The van der Waals surface area contributed by atoms with E-state index in [-0.39, 0.29) is 6.01 Å². The van der Waals surface area contributed by atoms with Crippen molar-refractivity contribution in [3.63, 3.8) is 0 Å². The van der Waals surface area contributed by atoms with E-state index in [9.17, 15) is 0 Å². The molecule has 0 aliphatic carbocycles. The standard InChI is InChI=1S/C10H9N3O3/c11-10-13-12-9(16-10)8-5-14-6-3-1-2-4-7(6)15-8/h1-4,8H,5H2,(H2,11,13)/t8-/m0/s1. The molecule has 1 aliphatic heterocycles. The lowest BCUT2D eigenvalue weighted by Gasteiger charge is -2.23. The van der Waals surface area contributed by atoms with Crippen LogP contribution in [0.15, 0.2) is 28.7 Å². The molecule has 2 aromatic rings. The van der Waals surface area contributed by atoms with Gasteiger partial charge in [0, 0.05) is 0 Å². The third kappa shape index (κ3) is 1.44. The zero-order chi connectivity index (χ0) is 11.0. The molecule has 3 rings (SSSR count). The van der Waals surface area contributed by atoms with Gasteiger partial charge in [-0.2, -0.15) is 0 Å². The summed E-state index contributed by atoms with van der Waals surface area (Å²) in [6.45, 7) is 0.332. The number of benzene rings is 1. The second kappa shape index (κ2) is 3.41. The Balaban J connectivity index is 1.88. The number of rotatable bonds is 1. The van der Waals surface area contributed by atoms with Crippen molar-refractivity contribution in [2.45, 2.75) is 6.10 Å². The van der Waals surface area contributed by atoms with E-state index in [0.29, 0.717) is 24.0 Å². The Bertz CT molecular complexity index is 512. The van der Waals surface area contributed by atoms with E-state index in [1.807, 2.05) is 24.3 Å². The van der Waals surface area contributed by atoms with Gasteiger partial charge in [-0.1, -0.05) is 17.2 Å². The fourth-order valence-corrected chi connectivity index (χ4v) is 1.52. The molecule has 0 saturated heterocycles. The van der Waals surface area contributed by atoms with Crippen molar-refractivity contribution >= 4 is 6.01 Å². The van der Waals surface area contributed by atoms with E-state index in [1.165, 1.54) is 0 Å². The van der Waals surface area contributed by atoms with Crippen molar-refractivity contribution in [2.75, 3.05) is 12.3 Å². The van der Waals surface area contributed by atoms with Gasteiger partial charge in [0.15, 0.2) is 11.5 Å². The van der Waals surface area contributed by atoms with Crippen molar-refractivity contribution in [1.82, 2.24) is 10.2 Å². The molecule has 1 aromatic heterocycles. The molecule has 0 radical (unpaired) electrons. The Morgan fingerprint density at radius 3 is 2.75 bits per heavy atom. The number of aromatic nitrogens is 2. The summed E-state index contributed by atoms with van der Waals surface area (Å²) in [5, 5.41) is 7.34. The molecule has 0 fully saturated rings. The molecule has 0 amide bonds. The van der Waals surface area contributed by atoms with Crippen LogP contribution in [0.5, 0.6) is 11.5 Å². The minimum Gasteiger partial charge on any atom is -0.485 e. The summed E-state index contributed by atoms with van der Waals surface area (Å²) in [7, 11) is 0. The first-order valence-corrected chi connectivity index (χ1v) is 4.80. The van der Waals surface area contributed by atoms with E-state index in [4.69, 9.17) is 19.6 Å². The Morgan fingerprint density at radius 1 is 1.19 bits per heavy atom. The molecule has 1 atom stereocenters. The second-order valence-corrected chi connectivity index (χ2v) is 3.34. The normalized spacial score (nSPS) is 18.4. The number of nitrogens with two attached hydrogens (primary N) is 1. The third-order valence-corrected chi connectivity index (χ3v) is 2.24. The van der Waals surface area contributed by atoms with E-state index < -0.39 is 6.10 Å². The fraction of sp³-hybridized carbons (Fsp3) is 0.200. The molecule has 2 heterocycles. The van der Waals surface area contributed by atoms with Crippen LogP contribution in [0.1, 0.15) is 12.0 Å². The Morgan fingerprint density at radius 2 is 2.00 bits per heavy atom. The van der Waals surface area contributed by atoms with Gasteiger partial charge in [0.1, 0.15) is 6.61 Å². The minimum absolute atomic E-state index is 0.0254.